The van der Waals surface area contributed by atoms with Crippen LogP contribution < -0.4 is 20.1 Å². The second-order valence-corrected chi connectivity index (χ2v) is 16.7. The lowest BCUT2D eigenvalue weighted by Crippen LogP contribution is -2.45. The number of carbonyl (C=O) groups excluding carboxylic acids is 4. The summed E-state index contributed by atoms with van der Waals surface area (Å²) in [6.45, 7) is 10.9. The van der Waals surface area contributed by atoms with Gasteiger partial charge in [-0.05, 0) is 72.4 Å². The van der Waals surface area contributed by atoms with Crippen molar-refractivity contribution in [1.29, 1.82) is 0 Å². The summed E-state index contributed by atoms with van der Waals surface area (Å²) in [6, 6.07) is 22.9. The quantitative estimate of drug-likeness (QED) is 0.0668. The Kier molecular flexibility index (Phi) is 14.9. The molecule has 0 spiro atoms. The highest BCUT2D eigenvalue weighted by Gasteiger charge is 2.41. The molecule has 4 heterocycles. The number of fused-ring (bicyclic) bond motifs is 2. The van der Waals surface area contributed by atoms with Crippen molar-refractivity contribution in [3.05, 3.63) is 160 Å². The zero-order valence-corrected chi connectivity index (χ0v) is 37.1. The van der Waals surface area contributed by atoms with Crippen molar-refractivity contribution in [2.75, 3.05) is 51.6 Å². The van der Waals surface area contributed by atoms with Crippen LogP contribution in [0.4, 0.5) is 9.52 Å². The highest BCUT2D eigenvalue weighted by Crippen LogP contribution is 2.40. The molecule has 2 N–H and O–H groups in total. The number of ether oxygens (including phenoxy) is 5. The van der Waals surface area contributed by atoms with Crippen molar-refractivity contribution in [3.63, 3.8) is 0 Å². The van der Waals surface area contributed by atoms with Gasteiger partial charge in [-0.1, -0.05) is 61.7 Å². The van der Waals surface area contributed by atoms with Crippen LogP contribution in [0, 0.1) is 5.82 Å². The standard InChI is InChI=1S/C50H50FN5O9S/c1-32-42(16-18-44(57)53-32)56-33(2)39-15-14-38(29-40(39)48(56)59)64-26-25-63-24-23-62-22-21-61-20-7-12-35-10-6-11-36-30-55(49(60)45(35)36)46(47(58)54-50-52-19-27-66-50)41-28-37(51)13-17-43(41)65-31-34-8-4-3-5-9-34/h3-6,8-11,13-15,17,19,27-29,42,46H,1-2,7,12,16,18,20-26,30-31H2,(H,53,57)(H,52,54,58). The van der Waals surface area contributed by atoms with Crippen molar-refractivity contribution >= 4 is 45.8 Å². The van der Waals surface area contributed by atoms with Crippen LogP contribution >= 0.6 is 11.3 Å². The van der Waals surface area contributed by atoms with Gasteiger partial charge in [0, 0.05) is 59.2 Å². The Morgan fingerprint density at radius 3 is 2.39 bits per heavy atom. The monoisotopic (exact) mass is 915 g/mol. The van der Waals surface area contributed by atoms with Gasteiger partial charge in [-0.15, -0.1) is 11.3 Å². The van der Waals surface area contributed by atoms with E-state index in [9.17, 15) is 23.6 Å². The van der Waals surface area contributed by atoms with E-state index in [4.69, 9.17) is 23.7 Å². The summed E-state index contributed by atoms with van der Waals surface area (Å²) in [6.07, 6.45) is 3.57. The predicted molar refractivity (Wildman–Crippen MR) is 245 cm³/mol. The van der Waals surface area contributed by atoms with Crippen molar-refractivity contribution in [3.8, 4) is 11.5 Å². The van der Waals surface area contributed by atoms with Gasteiger partial charge in [0.25, 0.3) is 17.7 Å². The molecule has 2 atom stereocenters. The van der Waals surface area contributed by atoms with Crippen molar-refractivity contribution in [1.82, 2.24) is 20.1 Å². The maximum atomic E-state index is 15.0. The average Bonchev–Trinajstić information content (AvgIpc) is 4.01. The van der Waals surface area contributed by atoms with Gasteiger partial charge in [-0.2, -0.15) is 0 Å². The molecule has 342 valence electrons. The van der Waals surface area contributed by atoms with E-state index in [2.05, 4.69) is 28.8 Å². The number of amides is 4. The van der Waals surface area contributed by atoms with E-state index in [-0.39, 0.29) is 54.8 Å². The number of hydrogen-bond donors (Lipinski definition) is 2. The fraction of sp³-hybridized carbons (Fsp3) is 0.300. The number of aromatic nitrogens is 1. The van der Waals surface area contributed by atoms with E-state index in [1.807, 2.05) is 54.6 Å². The smallest absolute Gasteiger partial charge is 0.259 e. The molecule has 1 aromatic heterocycles. The van der Waals surface area contributed by atoms with Crippen molar-refractivity contribution in [2.45, 2.75) is 50.9 Å². The first kappa shape index (κ1) is 45.8. The molecule has 0 bridgehead atoms. The number of hydrogen-bond acceptors (Lipinski definition) is 11. The number of aryl methyl sites for hydroxylation is 1. The average molecular weight is 916 g/mol. The number of rotatable bonds is 22. The van der Waals surface area contributed by atoms with E-state index < -0.39 is 17.8 Å². The Morgan fingerprint density at radius 1 is 0.864 bits per heavy atom. The molecule has 3 aliphatic rings. The van der Waals surface area contributed by atoms with Crippen LogP contribution in [0.2, 0.25) is 0 Å². The van der Waals surface area contributed by atoms with Crippen LogP contribution in [0.3, 0.4) is 0 Å². The van der Waals surface area contributed by atoms with Crippen LogP contribution in [0.5, 0.6) is 11.5 Å². The Morgan fingerprint density at radius 2 is 1.64 bits per heavy atom. The van der Waals surface area contributed by atoms with E-state index in [1.54, 1.807) is 28.6 Å². The van der Waals surface area contributed by atoms with Crippen LogP contribution in [0.25, 0.3) is 5.70 Å². The van der Waals surface area contributed by atoms with Crippen LogP contribution in [0.15, 0.2) is 115 Å². The third kappa shape index (κ3) is 10.7. The SMILES string of the molecule is C=C1NC(=O)CCC1N1C(=C)c2ccc(OCCOCCOCCOCCCc3cccc4c3C(=O)N(C(C(=O)Nc3nccs3)c3cc(F)ccc3OCc3ccccc3)C4)cc2C1=O. The molecule has 66 heavy (non-hydrogen) atoms. The molecule has 8 rings (SSSR count). The lowest BCUT2D eigenvalue weighted by molar-refractivity contribution is -0.122. The largest absolute Gasteiger partial charge is 0.491 e. The predicted octanol–water partition coefficient (Wildman–Crippen LogP) is 7.48. The van der Waals surface area contributed by atoms with Crippen LogP contribution in [-0.2, 0) is 43.4 Å². The summed E-state index contributed by atoms with van der Waals surface area (Å²) in [5, 5.41) is 7.64. The maximum absolute atomic E-state index is 15.0. The molecule has 3 aliphatic heterocycles. The summed E-state index contributed by atoms with van der Waals surface area (Å²) in [5.74, 6) is -0.914. The fourth-order valence-electron chi connectivity index (χ4n) is 8.32. The molecule has 5 aromatic rings. The zero-order valence-electron chi connectivity index (χ0n) is 36.3. The van der Waals surface area contributed by atoms with Gasteiger partial charge in [0.1, 0.15) is 36.6 Å². The van der Waals surface area contributed by atoms with Gasteiger partial charge < -0.3 is 33.9 Å². The third-order valence-corrected chi connectivity index (χ3v) is 12.1. The van der Waals surface area contributed by atoms with Gasteiger partial charge in [0.2, 0.25) is 5.91 Å². The molecular weight excluding hydrogens is 866 g/mol. The topological polar surface area (TPSA) is 158 Å². The molecule has 0 radical (unpaired) electrons. The minimum Gasteiger partial charge on any atom is -0.491 e. The Bertz CT molecular complexity index is 2590. The van der Waals surface area contributed by atoms with Crippen LogP contribution in [0.1, 0.15) is 73.8 Å². The molecule has 14 nitrogen and oxygen atoms in total. The first-order valence-electron chi connectivity index (χ1n) is 21.8. The number of anilines is 1. The third-order valence-electron chi connectivity index (χ3n) is 11.5. The summed E-state index contributed by atoms with van der Waals surface area (Å²) >= 11 is 1.24. The Balaban J connectivity index is 0.761. The number of halogens is 1. The molecule has 2 unspecified atom stereocenters. The summed E-state index contributed by atoms with van der Waals surface area (Å²) < 4.78 is 44.1. The number of thiazole rings is 1. The highest BCUT2D eigenvalue weighted by molar-refractivity contribution is 7.13. The molecule has 0 saturated carbocycles. The summed E-state index contributed by atoms with van der Waals surface area (Å²) in [4.78, 5) is 60.8. The lowest BCUT2D eigenvalue weighted by atomic mass is 9.99. The van der Waals surface area contributed by atoms with Gasteiger partial charge in [-0.3, -0.25) is 29.4 Å². The highest BCUT2D eigenvalue weighted by atomic mass is 32.1. The van der Waals surface area contributed by atoms with E-state index in [1.165, 1.54) is 34.4 Å². The molecule has 4 amide bonds. The normalized spacial score (nSPS) is 16.0. The summed E-state index contributed by atoms with van der Waals surface area (Å²) in [5.41, 5.74) is 5.54. The van der Waals surface area contributed by atoms with Gasteiger partial charge in [0.05, 0.1) is 44.6 Å². The lowest BCUT2D eigenvalue weighted by Gasteiger charge is -2.33. The molecule has 1 fully saturated rings. The van der Waals surface area contributed by atoms with E-state index in [0.717, 1.165) is 22.3 Å². The van der Waals surface area contributed by atoms with E-state index in [0.29, 0.717) is 98.7 Å². The second kappa shape index (κ2) is 21.5. The van der Waals surface area contributed by atoms with Gasteiger partial charge >= 0.3 is 0 Å². The first-order valence-corrected chi connectivity index (χ1v) is 22.6. The van der Waals surface area contributed by atoms with Crippen LogP contribution in [-0.4, -0.2) is 90.7 Å². The van der Waals surface area contributed by atoms with Crippen molar-refractivity contribution < 1.29 is 47.3 Å². The van der Waals surface area contributed by atoms with Gasteiger partial charge in [-0.25, -0.2) is 9.37 Å². The number of carbonyl (C=O) groups is 4. The number of nitrogens with zero attached hydrogens (tertiary/aromatic N) is 3. The van der Waals surface area contributed by atoms with E-state index >= 15 is 0 Å². The molecule has 1 saturated heterocycles. The molecular formula is C50H50FN5O9S. The maximum Gasteiger partial charge on any atom is 0.259 e. The molecule has 4 aromatic carbocycles. The number of benzene rings is 4. The minimum absolute atomic E-state index is 0.106. The molecule has 16 heteroatoms. The zero-order chi connectivity index (χ0) is 46.0. The fourth-order valence-corrected chi connectivity index (χ4v) is 8.85. The number of piperidine rings is 1. The minimum atomic E-state index is -1.22. The first-order chi connectivity index (χ1) is 32.2. The Hall–Kier alpha value is -6.72. The molecule has 0 aliphatic carbocycles. The van der Waals surface area contributed by atoms with Crippen molar-refractivity contribution in [2.24, 2.45) is 0 Å². The number of nitrogens with one attached hydrogen (secondary N) is 2. The Labute approximate surface area is 386 Å². The second-order valence-electron chi connectivity index (χ2n) is 15.8. The van der Waals surface area contributed by atoms with Gasteiger partial charge in [0.15, 0.2) is 5.13 Å². The summed E-state index contributed by atoms with van der Waals surface area (Å²) in [7, 11) is 0.